The minimum atomic E-state index is -2.74. The standard InChI is InChI=1S/C24H34F2N4O2S/c1-22(2,30-5-3-4-24(25,26)13-30)20(31)29-19-16-6-15-7-17(19)10-23(8-15,9-16)21(32)28-12-18-11-27-14-33-18/h11,14-17,19H,3-10,12-13H2,1-2H3,(H,28,32)(H,29,31). The summed E-state index contributed by atoms with van der Waals surface area (Å²) < 4.78 is 28.0. The van der Waals surface area contributed by atoms with Crippen LogP contribution in [0.15, 0.2) is 11.7 Å². The molecule has 4 saturated carbocycles. The molecule has 0 aromatic carbocycles. The second-order valence-electron chi connectivity index (χ2n) is 11.3. The molecule has 33 heavy (non-hydrogen) atoms. The number of rotatable bonds is 6. The Bertz CT molecular complexity index is 890. The number of halogens is 2. The van der Waals surface area contributed by atoms with Crippen molar-refractivity contribution >= 4 is 23.2 Å². The third kappa shape index (κ3) is 4.31. The molecule has 5 fully saturated rings. The Morgan fingerprint density at radius 2 is 1.97 bits per heavy atom. The van der Waals surface area contributed by atoms with Crippen molar-refractivity contribution in [2.75, 3.05) is 13.1 Å². The summed E-state index contributed by atoms with van der Waals surface area (Å²) in [4.78, 5) is 33.3. The molecule has 9 heteroatoms. The van der Waals surface area contributed by atoms with Gasteiger partial charge in [0.15, 0.2) is 0 Å². The van der Waals surface area contributed by atoms with Crippen LogP contribution in [0.1, 0.15) is 63.7 Å². The molecule has 1 aliphatic heterocycles. The Morgan fingerprint density at radius 3 is 2.61 bits per heavy atom. The molecule has 182 valence electrons. The van der Waals surface area contributed by atoms with E-state index in [1.54, 1.807) is 30.5 Å². The van der Waals surface area contributed by atoms with E-state index < -0.39 is 11.5 Å². The van der Waals surface area contributed by atoms with E-state index >= 15 is 0 Å². The maximum atomic E-state index is 14.0. The van der Waals surface area contributed by atoms with Crippen LogP contribution in [-0.4, -0.2) is 52.3 Å². The van der Waals surface area contributed by atoms with Gasteiger partial charge in [-0.1, -0.05) is 0 Å². The van der Waals surface area contributed by atoms with Gasteiger partial charge in [-0.05, 0) is 76.7 Å². The lowest BCUT2D eigenvalue weighted by atomic mass is 9.47. The van der Waals surface area contributed by atoms with Crippen LogP contribution in [0.25, 0.3) is 0 Å². The number of aromatic nitrogens is 1. The summed E-state index contributed by atoms with van der Waals surface area (Å²) in [5.41, 5.74) is 0.446. The van der Waals surface area contributed by atoms with Crippen LogP contribution in [-0.2, 0) is 16.1 Å². The summed E-state index contributed by atoms with van der Waals surface area (Å²) in [5.74, 6) is -1.70. The molecule has 5 aliphatic rings. The van der Waals surface area contributed by atoms with E-state index in [1.165, 1.54) is 11.3 Å². The van der Waals surface area contributed by atoms with Crippen LogP contribution >= 0.6 is 11.3 Å². The Morgan fingerprint density at radius 1 is 1.24 bits per heavy atom. The average molecular weight is 481 g/mol. The van der Waals surface area contributed by atoms with Crippen molar-refractivity contribution in [3.05, 3.63) is 16.6 Å². The summed E-state index contributed by atoms with van der Waals surface area (Å²) in [6, 6.07) is 0.0287. The zero-order valence-corrected chi connectivity index (χ0v) is 20.2. The summed E-state index contributed by atoms with van der Waals surface area (Å²) in [5, 5.41) is 6.41. The average Bonchev–Trinajstić information content (AvgIpc) is 3.27. The number of alkyl halides is 2. The molecular weight excluding hydrogens is 446 g/mol. The highest BCUT2D eigenvalue weighted by atomic mass is 32.1. The van der Waals surface area contributed by atoms with Gasteiger partial charge >= 0.3 is 0 Å². The Hall–Kier alpha value is -1.61. The first-order chi connectivity index (χ1) is 15.6. The van der Waals surface area contributed by atoms with Crippen molar-refractivity contribution in [1.29, 1.82) is 0 Å². The zero-order chi connectivity index (χ0) is 23.4. The Balaban J connectivity index is 1.25. The highest BCUT2D eigenvalue weighted by molar-refractivity contribution is 7.09. The molecule has 2 heterocycles. The SMILES string of the molecule is CC(C)(C(=O)NC1C2CC3CC1CC(C(=O)NCc1cncs1)(C3)C2)N1CCCC(F)(F)C1. The van der Waals surface area contributed by atoms with Crippen molar-refractivity contribution in [2.45, 2.75) is 82.8 Å². The first-order valence-corrected chi connectivity index (χ1v) is 13.1. The molecule has 4 aliphatic carbocycles. The number of hydrogen-bond donors (Lipinski definition) is 2. The molecule has 4 bridgehead atoms. The first kappa shape index (κ1) is 23.1. The lowest BCUT2D eigenvalue weighted by Gasteiger charge is -2.59. The fourth-order valence-corrected chi connectivity index (χ4v) is 7.67. The second-order valence-corrected chi connectivity index (χ2v) is 12.3. The normalized spacial score (nSPS) is 35.4. The molecular formula is C24H34F2N4O2S. The van der Waals surface area contributed by atoms with Gasteiger partial charge in [-0.15, -0.1) is 11.3 Å². The number of nitrogens with zero attached hydrogens (tertiary/aromatic N) is 2. The lowest BCUT2D eigenvalue weighted by Crippen LogP contribution is -2.66. The topological polar surface area (TPSA) is 74.3 Å². The van der Waals surface area contributed by atoms with E-state index in [-0.39, 0.29) is 48.1 Å². The molecule has 1 saturated heterocycles. The van der Waals surface area contributed by atoms with Crippen molar-refractivity contribution in [1.82, 2.24) is 20.5 Å². The molecule has 0 spiro atoms. The molecule has 2 N–H and O–H groups in total. The van der Waals surface area contributed by atoms with Gasteiger partial charge in [-0.3, -0.25) is 19.5 Å². The van der Waals surface area contributed by atoms with Crippen molar-refractivity contribution in [3.63, 3.8) is 0 Å². The number of thiazole rings is 1. The summed E-state index contributed by atoms with van der Waals surface area (Å²) in [6.07, 6.45) is 6.67. The fourth-order valence-electron chi connectivity index (χ4n) is 7.14. The predicted molar refractivity (Wildman–Crippen MR) is 122 cm³/mol. The van der Waals surface area contributed by atoms with Gasteiger partial charge in [0.05, 0.1) is 29.6 Å². The third-order valence-electron chi connectivity index (χ3n) is 8.70. The number of amides is 2. The molecule has 6 rings (SSSR count). The van der Waals surface area contributed by atoms with Crippen molar-refractivity contribution in [3.8, 4) is 0 Å². The highest BCUT2D eigenvalue weighted by Gasteiger charge is 2.59. The molecule has 2 atom stereocenters. The number of hydrogen-bond acceptors (Lipinski definition) is 5. The van der Waals surface area contributed by atoms with Crippen molar-refractivity contribution < 1.29 is 18.4 Å². The zero-order valence-electron chi connectivity index (χ0n) is 19.4. The van der Waals surface area contributed by atoms with Crippen LogP contribution in [0.3, 0.4) is 0 Å². The van der Waals surface area contributed by atoms with Crippen LogP contribution in [0.5, 0.6) is 0 Å². The quantitative estimate of drug-likeness (QED) is 0.653. The van der Waals surface area contributed by atoms with Gasteiger partial charge in [0.25, 0.3) is 5.92 Å². The predicted octanol–water partition coefficient (Wildman–Crippen LogP) is 3.58. The fraction of sp³-hybridized carbons (Fsp3) is 0.792. The second kappa shape index (κ2) is 8.26. The molecule has 1 aromatic heterocycles. The third-order valence-corrected chi connectivity index (χ3v) is 9.48. The van der Waals surface area contributed by atoms with Gasteiger partial charge in [-0.25, -0.2) is 8.78 Å². The van der Waals surface area contributed by atoms with Gasteiger partial charge < -0.3 is 10.6 Å². The van der Waals surface area contributed by atoms with Crippen LogP contribution in [0.2, 0.25) is 0 Å². The maximum Gasteiger partial charge on any atom is 0.260 e. The minimum Gasteiger partial charge on any atom is -0.351 e. The summed E-state index contributed by atoms with van der Waals surface area (Å²) in [7, 11) is 0. The molecule has 2 amide bonds. The number of likely N-dealkylation sites (tertiary alicyclic amines) is 1. The maximum absolute atomic E-state index is 14.0. The van der Waals surface area contributed by atoms with Gasteiger partial charge in [0.2, 0.25) is 11.8 Å². The Kier molecular flexibility index (Phi) is 5.79. The molecule has 1 aromatic rings. The van der Waals surface area contributed by atoms with E-state index in [9.17, 15) is 18.4 Å². The largest absolute Gasteiger partial charge is 0.351 e. The number of carbonyl (C=O) groups excluding carboxylic acids is 2. The Labute approximate surface area is 197 Å². The monoisotopic (exact) mass is 480 g/mol. The van der Waals surface area contributed by atoms with E-state index in [4.69, 9.17) is 0 Å². The smallest absolute Gasteiger partial charge is 0.260 e. The van der Waals surface area contributed by atoms with E-state index in [2.05, 4.69) is 15.6 Å². The van der Waals surface area contributed by atoms with E-state index in [0.29, 0.717) is 25.4 Å². The van der Waals surface area contributed by atoms with Crippen LogP contribution in [0.4, 0.5) is 8.78 Å². The summed E-state index contributed by atoms with van der Waals surface area (Å²) >= 11 is 1.54. The number of piperidine rings is 1. The molecule has 6 nitrogen and oxygen atoms in total. The number of carbonyl (C=O) groups is 2. The van der Waals surface area contributed by atoms with Gasteiger partial charge in [0, 0.05) is 23.5 Å². The van der Waals surface area contributed by atoms with Gasteiger partial charge in [0.1, 0.15) is 0 Å². The lowest BCUT2D eigenvalue weighted by molar-refractivity contribution is -0.153. The van der Waals surface area contributed by atoms with E-state index in [1.807, 2.05) is 0 Å². The minimum absolute atomic E-state index is 0.0287. The van der Waals surface area contributed by atoms with Crippen molar-refractivity contribution in [2.24, 2.45) is 23.2 Å². The van der Waals surface area contributed by atoms with Crippen LogP contribution < -0.4 is 10.6 Å². The molecule has 2 unspecified atom stereocenters. The summed E-state index contributed by atoms with van der Waals surface area (Å²) in [6.45, 7) is 4.18. The highest BCUT2D eigenvalue weighted by Crippen LogP contribution is 2.60. The number of nitrogens with one attached hydrogen (secondary N) is 2. The molecule has 0 radical (unpaired) electrons. The van der Waals surface area contributed by atoms with Gasteiger partial charge in [-0.2, -0.15) is 0 Å². The first-order valence-electron chi connectivity index (χ1n) is 12.2. The van der Waals surface area contributed by atoms with E-state index in [0.717, 1.165) is 37.0 Å². The van der Waals surface area contributed by atoms with Crippen LogP contribution in [0, 0.1) is 23.2 Å².